The van der Waals surface area contributed by atoms with E-state index in [0.29, 0.717) is 17.9 Å². The van der Waals surface area contributed by atoms with Crippen LogP contribution >= 0.6 is 0 Å². The Hall–Kier alpha value is -3.21. The van der Waals surface area contributed by atoms with E-state index in [1.54, 1.807) is 30.5 Å². The average Bonchev–Trinajstić information content (AvgIpc) is 3.32. The van der Waals surface area contributed by atoms with Gasteiger partial charge in [-0.15, -0.1) is 0 Å². The molecule has 0 unspecified atom stereocenters. The highest BCUT2D eigenvalue weighted by Gasteiger charge is 2.35. The van der Waals surface area contributed by atoms with Gasteiger partial charge in [0, 0.05) is 6.42 Å². The highest BCUT2D eigenvalue weighted by Crippen LogP contribution is 2.34. The van der Waals surface area contributed by atoms with Crippen molar-refractivity contribution in [2.45, 2.75) is 12.5 Å². The third kappa shape index (κ3) is 2.85. The summed E-state index contributed by atoms with van der Waals surface area (Å²) in [5.41, 5.74) is 1.62. The fraction of sp³-hybridized carbons (Fsp3) is 0.100. The summed E-state index contributed by atoms with van der Waals surface area (Å²) in [7, 11) is 0. The van der Waals surface area contributed by atoms with E-state index in [-0.39, 0.29) is 11.6 Å². The van der Waals surface area contributed by atoms with Crippen LogP contribution in [0.4, 0.5) is 4.39 Å². The molecule has 0 spiro atoms. The van der Waals surface area contributed by atoms with E-state index in [2.05, 4.69) is 5.10 Å². The summed E-state index contributed by atoms with van der Waals surface area (Å²) in [4.78, 5) is 12.9. The molecule has 2 aromatic carbocycles. The topological polar surface area (TPSA) is 45.8 Å². The van der Waals surface area contributed by atoms with E-state index in [9.17, 15) is 9.18 Å². The van der Waals surface area contributed by atoms with Crippen LogP contribution in [-0.2, 0) is 0 Å². The van der Waals surface area contributed by atoms with Gasteiger partial charge in [0.25, 0.3) is 5.91 Å². The second kappa shape index (κ2) is 6.36. The molecule has 25 heavy (non-hydrogen) atoms. The number of hydrogen-bond acceptors (Lipinski definition) is 3. The first-order chi connectivity index (χ1) is 12.2. The quantitative estimate of drug-likeness (QED) is 0.712. The first-order valence-corrected chi connectivity index (χ1v) is 7.98. The molecule has 1 atom stereocenters. The molecule has 0 aliphatic carbocycles. The average molecular weight is 334 g/mol. The molecule has 0 saturated carbocycles. The smallest absolute Gasteiger partial charge is 0.277 e. The van der Waals surface area contributed by atoms with Gasteiger partial charge in [0.05, 0.1) is 17.9 Å². The van der Waals surface area contributed by atoms with Crippen molar-refractivity contribution in [2.24, 2.45) is 5.10 Å². The Bertz CT molecular complexity index is 920. The van der Waals surface area contributed by atoms with Gasteiger partial charge in [-0.3, -0.25) is 4.79 Å². The standard InChI is InChI=1S/C20H15FN2O2/c21-16-10-5-4-9-15(16)20(24)23-18(14-7-2-1-3-8-14)13-17(22-23)19-11-6-12-25-19/h1-12,18H,13H2/t18-/m1/s1. The maximum absolute atomic E-state index is 14.1. The molecule has 1 aromatic heterocycles. The van der Waals surface area contributed by atoms with Crippen molar-refractivity contribution in [1.82, 2.24) is 5.01 Å². The lowest BCUT2D eigenvalue weighted by atomic mass is 10.0. The van der Waals surface area contributed by atoms with Gasteiger partial charge in [0.1, 0.15) is 17.3 Å². The van der Waals surface area contributed by atoms with Crippen LogP contribution in [0.2, 0.25) is 0 Å². The third-order valence-corrected chi connectivity index (χ3v) is 4.21. The third-order valence-electron chi connectivity index (χ3n) is 4.21. The summed E-state index contributed by atoms with van der Waals surface area (Å²) >= 11 is 0. The molecule has 4 nitrogen and oxygen atoms in total. The predicted molar refractivity (Wildman–Crippen MR) is 91.6 cm³/mol. The molecule has 0 saturated heterocycles. The highest BCUT2D eigenvalue weighted by molar-refractivity contribution is 6.03. The molecule has 0 bridgehead atoms. The minimum Gasteiger partial charge on any atom is -0.463 e. The predicted octanol–water partition coefficient (Wildman–Crippen LogP) is 4.41. The zero-order chi connectivity index (χ0) is 17.2. The van der Waals surface area contributed by atoms with E-state index in [1.165, 1.54) is 17.1 Å². The van der Waals surface area contributed by atoms with Crippen molar-refractivity contribution in [1.29, 1.82) is 0 Å². The number of benzene rings is 2. The largest absolute Gasteiger partial charge is 0.463 e. The first-order valence-electron chi connectivity index (χ1n) is 7.98. The van der Waals surface area contributed by atoms with Gasteiger partial charge < -0.3 is 4.42 Å². The molecule has 1 aliphatic rings. The fourth-order valence-corrected chi connectivity index (χ4v) is 2.98. The summed E-state index contributed by atoms with van der Waals surface area (Å²) in [6.07, 6.45) is 2.08. The number of hydrogen-bond donors (Lipinski definition) is 0. The molecule has 124 valence electrons. The zero-order valence-corrected chi connectivity index (χ0v) is 13.3. The van der Waals surface area contributed by atoms with Gasteiger partial charge in [0.15, 0.2) is 0 Å². The summed E-state index contributed by atoms with van der Waals surface area (Å²) in [5, 5.41) is 5.80. The van der Waals surface area contributed by atoms with Crippen LogP contribution in [0.25, 0.3) is 0 Å². The van der Waals surface area contributed by atoms with Gasteiger partial charge in [-0.25, -0.2) is 9.40 Å². The van der Waals surface area contributed by atoms with Crippen LogP contribution < -0.4 is 0 Å². The molecule has 0 fully saturated rings. The number of nitrogens with zero attached hydrogens (tertiary/aromatic N) is 2. The van der Waals surface area contributed by atoms with Crippen molar-refractivity contribution in [3.63, 3.8) is 0 Å². The lowest BCUT2D eigenvalue weighted by Crippen LogP contribution is -2.27. The molecule has 1 amide bonds. The second-order valence-corrected chi connectivity index (χ2v) is 5.78. The lowest BCUT2D eigenvalue weighted by molar-refractivity contribution is 0.0706. The molecule has 1 aliphatic heterocycles. The summed E-state index contributed by atoms with van der Waals surface area (Å²) in [6.45, 7) is 0. The zero-order valence-electron chi connectivity index (χ0n) is 13.3. The van der Waals surface area contributed by atoms with E-state index in [1.807, 2.05) is 30.3 Å². The van der Waals surface area contributed by atoms with Crippen LogP contribution in [0.5, 0.6) is 0 Å². The summed E-state index contributed by atoms with van der Waals surface area (Å²) in [6, 6.07) is 18.8. The Labute approximate surface area is 144 Å². The van der Waals surface area contributed by atoms with Crippen molar-refractivity contribution in [2.75, 3.05) is 0 Å². The molecular formula is C20H15FN2O2. The van der Waals surface area contributed by atoms with Crippen LogP contribution in [0.15, 0.2) is 82.5 Å². The number of carbonyl (C=O) groups is 1. The number of furan rings is 1. The molecule has 2 heterocycles. The Kier molecular flexibility index (Phi) is 3.90. The van der Waals surface area contributed by atoms with Gasteiger partial charge in [-0.05, 0) is 29.8 Å². The van der Waals surface area contributed by atoms with Gasteiger partial charge in [0.2, 0.25) is 0 Å². The molecule has 0 N–H and O–H groups in total. The monoisotopic (exact) mass is 334 g/mol. The van der Waals surface area contributed by atoms with Crippen LogP contribution in [0.1, 0.15) is 34.1 Å². The normalized spacial score (nSPS) is 16.8. The van der Waals surface area contributed by atoms with Crippen molar-refractivity contribution in [3.8, 4) is 0 Å². The van der Waals surface area contributed by atoms with E-state index >= 15 is 0 Å². The molecule has 3 aromatic rings. The van der Waals surface area contributed by atoms with Crippen molar-refractivity contribution in [3.05, 3.63) is 95.7 Å². The van der Waals surface area contributed by atoms with E-state index in [0.717, 1.165) is 5.56 Å². The number of carbonyl (C=O) groups excluding carboxylic acids is 1. The number of halogens is 1. The maximum Gasteiger partial charge on any atom is 0.277 e. The minimum atomic E-state index is -0.555. The minimum absolute atomic E-state index is 0.00729. The van der Waals surface area contributed by atoms with Crippen molar-refractivity contribution < 1.29 is 13.6 Å². The van der Waals surface area contributed by atoms with Crippen LogP contribution in [-0.4, -0.2) is 16.6 Å². The van der Waals surface area contributed by atoms with E-state index < -0.39 is 11.7 Å². The number of hydrazone groups is 1. The van der Waals surface area contributed by atoms with Gasteiger partial charge in [-0.2, -0.15) is 5.10 Å². The number of rotatable bonds is 3. The van der Waals surface area contributed by atoms with E-state index in [4.69, 9.17) is 4.42 Å². The molecule has 0 radical (unpaired) electrons. The number of amides is 1. The summed E-state index contributed by atoms with van der Waals surface area (Å²) < 4.78 is 19.5. The molecule has 4 rings (SSSR count). The molecular weight excluding hydrogens is 319 g/mol. The maximum atomic E-state index is 14.1. The fourth-order valence-electron chi connectivity index (χ4n) is 2.98. The summed E-state index contributed by atoms with van der Waals surface area (Å²) in [5.74, 6) is -0.403. The van der Waals surface area contributed by atoms with Crippen LogP contribution in [0.3, 0.4) is 0 Å². The van der Waals surface area contributed by atoms with Gasteiger partial charge in [-0.1, -0.05) is 42.5 Å². The SMILES string of the molecule is O=C(c1ccccc1F)N1N=C(c2ccco2)C[C@@H]1c1ccccc1. The molecule has 5 heteroatoms. The Morgan fingerprint density at radius 3 is 2.52 bits per heavy atom. The highest BCUT2D eigenvalue weighted by atomic mass is 19.1. The first kappa shape index (κ1) is 15.3. The Balaban J connectivity index is 1.75. The van der Waals surface area contributed by atoms with Gasteiger partial charge >= 0.3 is 0 Å². The van der Waals surface area contributed by atoms with Crippen LogP contribution in [0, 0.1) is 5.82 Å². The lowest BCUT2D eigenvalue weighted by Gasteiger charge is -2.22. The second-order valence-electron chi connectivity index (χ2n) is 5.78. The van der Waals surface area contributed by atoms with Crippen molar-refractivity contribution >= 4 is 11.6 Å². The Morgan fingerprint density at radius 2 is 1.80 bits per heavy atom. The Morgan fingerprint density at radius 1 is 1.04 bits per heavy atom.